The summed E-state index contributed by atoms with van der Waals surface area (Å²) in [5, 5.41) is 82.4. The normalized spacial score (nSPS) is 15.3. The molecule has 122 heavy (non-hydrogen) atoms. The number of amides is 17. The number of benzene rings is 1. The highest BCUT2D eigenvalue weighted by Gasteiger charge is 2.42. The summed E-state index contributed by atoms with van der Waals surface area (Å²) in [6, 6.07) is -13.4. The summed E-state index contributed by atoms with van der Waals surface area (Å²) in [6.45, 7) is 4.97. The van der Waals surface area contributed by atoms with E-state index in [1.54, 1.807) is 44.2 Å². The molecule has 0 bridgehead atoms. The Kier molecular flexibility index (Phi) is 46.4. The topological polar surface area (TPSA) is 760 Å². The van der Waals surface area contributed by atoms with Crippen LogP contribution in [-0.4, -0.2) is 272 Å². The van der Waals surface area contributed by atoms with Crippen LogP contribution in [0, 0.1) is 17.2 Å². The van der Waals surface area contributed by atoms with Crippen LogP contribution in [0.1, 0.15) is 168 Å². The molecule has 2 heterocycles. The zero-order chi connectivity index (χ0) is 91.3. The van der Waals surface area contributed by atoms with E-state index in [0.717, 1.165) is 30.6 Å². The highest BCUT2D eigenvalue weighted by atomic mass is 16.4. The van der Waals surface area contributed by atoms with Crippen LogP contribution in [0.2, 0.25) is 0 Å². The quantitative estimate of drug-likeness (QED) is 0.0166. The summed E-state index contributed by atoms with van der Waals surface area (Å²) in [5.41, 5.74) is 27.5. The molecule has 46 nitrogen and oxygen atoms in total. The minimum absolute atomic E-state index is 0.0406. The summed E-state index contributed by atoms with van der Waals surface area (Å²) in [5.74, 6) is -21.9. The number of hydrogen-bond acceptors (Lipinski definition) is 24. The van der Waals surface area contributed by atoms with E-state index in [1.807, 2.05) is 6.92 Å². The number of imidazole rings is 1. The maximum Gasteiger partial charge on any atom is 0.326 e. The summed E-state index contributed by atoms with van der Waals surface area (Å²) in [6.07, 6.45) is 0.871. The number of carboxylic acid groups (broad SMARTS) is 2. The molecule has 0 radical (unpaired) electrons. The van der Waals surface area contributed by atoms with Crippen molar-refractivity contribution in [1.82, 2.24) is 89.3 Å². The van der Waals surface area contributed by atoms with Gasteiger partial charge in [0, 0.05) is 70.8 Å². The smallest absolute Gasteiger partial charge is 0.326 e. The third kappa shape index (κ3) is 38.7. The highest BCUT2D eigenvalue weighted by molar-refractivity contribution is 6.01. The number of aromatic amines is 1. The van der Waals surface area contributed by atoms with Crippen molar-refractivity contribution in [2.24, 2.45) is 40.5 Å². The molecular weight excluding hydrogens is 1600 g/mol. The SMILES string of the molecule is CCCCCCCC(=O)NC[C@H](NC(=O)[C@H](CO)NC(=O)CN)C(=O)N[C@@H](Cc1ccccc1)C(=O)N[C@@H](CC(C)C)C(=O)N[C@@H](CO)C(=O)N1CCC[C@H]1C(=O)N[C@@H](CCC(=O)O)C(=O)N[C@@H](Cc1c[nH]cn1)C(=O)N[C@@H](CCC(N)=O)C(=O)N[C@@H](CCCNC(=N)N)C(=O)N[C@H](C(=O)N[C@@H](CCC(N)=O)C(=O)N[C@@H](CCC(N)=O)C(=O)O)C(C)C. The molecule has 0 unspecified atom stereocenters. The molecule has 1 fully saturated rings. The van der Waals surface area contributed by atoms with Crippen LogP contribution >= 0.6 is 0 Å². The summed E-state index contributed by atoms with van der Waals surface area (Å²) >= 11 is 0. The first-order valence-electron chi connectivity index (χ1n) is 40.2. The van der Waals surface area contributed by atoms with E-state index < -0.39 is 287 Å². The van der Waals surface area contributed by atoms with Crippen molar-refractivity contribution in [1.29, 1.82) is 5.41 Å². The maximum atomic E-state index is 14.7. The number of hydrogen-bond donors (Lipinski definition) is 25. The molecule has 3 rings (SSSR count). The second-order valence-electron chi connectivity index (χ2n) is 30.0. The third-order valence-corrected chi connectivity index (χ3v) is 19.2. The van der Waals surface area contributed by atoms with Crippen molar-refractivity contribution in [2.45, 2.75) is 248 Å². The van der Waals surface area contributed by atoms with Crippen LogP contribution in [0.15, 0.2) is 42.9 Å². The number of rotatable bonds is 59. The van der Waals surface area contributed by atoms with Gasteiger partial charge in [0.2, 0.25) is 100 Å². The number of carbonyl (C=O) groups excluding carboxylic acids is 17. The second kappa shape index (κ2) is 54.6. The number of guanidine groups is 1. The van der Waals surface area contributed by atoms with Crippen molar-refractivity contribution >= 4 is 118 Å². The van der Waals surface area contributed by atoms with Gasteiger partial charge in [0.1, 0.15) is 78.5 Å². The number of primary amides is 3. The molecule has 1 aliphatic heterocycles. The van der Waals surface area contributed by atoms with Crippen LogP contribution in [0.4, 0.5) is 0 Å². The van der Waals surface area contributed by atoms with Crippen LogP contribution in [0.3, 0.4) is 0 Å². The Bertz CT molecular complexity index is 3890. The standard InChI is InChI=1S/C76H121N23O23/c1-6-7-8-9-13-20-59(105)85-36-52(96-71(117)53(37-100)87-60(106)34-77)70(116)94-50(32-42-16-11-10-12-17-42)68(114)93-49(31-40(2)3)67(113)97-54(38-101)74(120)99-30-15-19-55(99)72(118)90-47(24-28-61(107)108)65(111)95-51(33-43-35-83-39-86-43)69(115)89-45(21-25-56(78)102)63(109)88-44(18-14-29-84-76(81)82)66(112)98-62(41(4)5)73(119)91-46(22-26-57(79)103)64(110)92-48(75(121)122)23-27-58(80)104/h10-12,16-17,35,39-41,44-55,62,100-101H,6-9,13-15,18-34,36-38,77H2,1-5H3,(H2,78,102)(H2,79,103)(H2,80,104)(H,83,86)(H,85,105)(H,87,106)(H,88,109)(H,89,115)(H,90,118)(H,91,119)(H,92,110)(H,93,114)(H,94,116)(H,95,111)(H,96,117)(H,97,113)(H,98,112)(H,107,108)(H,121,122)(H4,81,82,84)/t44-,45-,46-,47-,48-,49-,50-,51-,52-,53-,54-,55-,62-/m0/s1. The first-order valence-corrected chi connectivity index (χ1v) is 40.2. The predicted molar refractivity (Wildman–Crippen MR) is 433 cm³/mol. The van der Waals surface area contributed by atoms with Crippen molar-refractivity contribution in [3.63, 3.8) is 0 Å². The Balaban J connectivity index is 1.98. The number of unbranched alkanes of at least 4 members (excludes halogenated alkanes) is 4. The average Bonchev–Trinajstić information content (AvgIpc) is 1.61. The fourth-order valence-electron chi connectivity index (χ4n) is 12.6. The van der Waals surface area contributed by atoms with Gasteiger partial charge in [-0.15, -0.1) is 0 Å². The Morgan fingerprint density at radius 3 is 1.48 bits per heavy atom. The molecule has 17 amide bonds. The van der Waals surface area contributed by atoms with Gasteiger partial charge in [-0.25, -0.2) is 9.78 Å². The number of H-pyrrole nitrogens is 1. The Labute approximate surface area is 703 Å². The Morgan fingerprint density at radius 2 is 0.967 bits per heavy atom. The van der Waals surface area contributed by atoms with Crippen molar-refractivity contribution < 1.29 is 112 Å². The molecular formula is C76H121N23O23. The monoisotopic (exact) mass is 1720 g/mol. The third-order valence-electron chi connectivity index (χ3n) is 19.2. The molecule has 1 aliphatic rings. The number of aliphatic hydroxyl groups is 2. The molecule has 13 atom stereocenters. The van der Waals surface area contributed by atoms with Gasteiger partial charge in [0.15, 0.2) is 5.96 Å². The predicted octanol–water partition coefficient (Wildman–Crippen LogP) is -7.87. The lowest BCUT2D eigenvalue weighted by molar-refractivity contribution is -0.143. The number of nitrogens with two attached hydrogens (primary N) is 5. The maximum absolute atomic E-state index is 14.7. The number of likely N-dealkylation sites (tertiary alicyclic amines) is 1. The number of aromatic nitrogens is 2. The van der Waals surface area contributed by atoms with Crippen molar-refractivity contribution in [3.8, 4) is 0 Å². The van der Waals surface area contributed by atoms with E-state index >= 15 is 0 Å². The van der Waals surface area contributed by atoms with Crippen LogP contribution < -0.4 is 103 Å². The van der Waals surface area contributed by atoms with Gasteiger partial charge in [0.05, 0.1) is 31.8 Å². The average molecular weight is 1720 g/mol. The van der Waals surface area contributed by atoms with E-state index in [1.165, 1.54) is 26.4 Å². The van der Waals surface area contributed by atoms with Crippen molar-refractivity contribution in [2.75, 3.05) is 39.4 Å². The largest absolute Gasteiger partial charge is 0.481 e. The second-order valence-corrected chi connectivity index (χ2v) is 30.0. The molecule has 30 N–H and O–H groups in total. The molecule has 2 aromatic rings. The molecule has 678 valence electrons. The van der Waals surface area contributed by atoms with Gasteiger partial charge in [0.25, 0.3) is 0 Å². The first-order chi connectivity index (χ1) is 57.7. The lowest BCUT2D eigenvalue weighted by atomic mass is 10.0. The highest BCUT2D eigenvalue weighted by Crippen LogP contribution is 2.21. The van der Waals surface area contributed by atoms with Crippen LogP contribution in [0.5, 0.6) is 0 Å². The molecule has 0 saturated carbocycles. The minimum Gasteiger partial charge on any atom is -0.481 e. The Morgan fingerprint density at radius 1 is 0.500 bits per heavy atom. The number of carboxylic acids is 2. The van der Waals surface area contributed by atoms with Crippen LogP contribution in [0.25, 0.3) is 0 Å². The van der Waals surface area contributed by atoms with E-state index in [0.29, 0.717) is 12.0 Å². The van der Waals surface area contributed by atoms with E-state index in [2.05, 4.69) is 84.4 Å². The molecule has 1 aromatic heterocycles. The van der Waals surface area contributed by atoms with Crippen molar-refractivity contribution in [3.05, 3.63) is 54.1 Å². The molecule has 1 aromatic carbocycles. The van der Waals surface area contributed by atoms with Gasteiger partial charge >= 0.3 is 11.9 Å². The Hall–Kier alpha value is -12.5. The van der Waals surface area contributed by atoms with E-state index in [9.17, 15) is 112 Å². The fraction of sp³-hybridized carbons (Fsp3) is 0.618. The molecule has 0 spiro atoms. The lowest BCUT2D eigenvalue weighted by Gasteiger charge is -2.31. The van der Waals surface area contributed by atoms with Gasteiger partial charge in [-0.05, 0) is 81.6 Å². The minimum atomic E-state index is -1.84. The summed E-state index contributed by atoms with van der Waals surface area (Å²) in [7, 11) is 0. The van der Waals surface area contributed by atoms with E-state index in [-0.39, 0.29) is 69.6 Å². The molecule has 1 saturated heterocycles. The van der Waals surface area contributed by atoms with Crippen LogP contribution in [-0.2, 0) is 104 Å². The number of nitrogens with one attached hydrogen (secondary N) is 16. The zero-order valence-corrected chi connectivity index (χ0v) is 69.1. The molecule has 46 heteroatoms. The fourth-order valence-corrected chi connectivity index (χ4v) is 12.6. The number of aliphatic hydroxyl groups excluding tert-OH is 2. The molecule has 0 aliphatic carbocycles. The lowest BCUT2D eigenvalue weighted by Crippen LogP contribution is -2.62. The summed E-state index contributed by atoms with van der Waals surface area (Å²) in [4.78, 5) is 265. The first kappa shape index (κ1) is 104. The number of carbonyl (C=O) groups is 19. The van der Waals surface area contributed by atoms with Gasteiger partial charge < -0.3 is 133 Å². The van der Waals surface area contributed by atoms with Gasteiger partial charge in [-0.1, -0.05) is 90.6 Å². The number of nitrogens with zero attached hydrogens (tertiary/aromatic N) is 2. The van der Waals surface area contributed by atoms with Gasteiger partial charge in [-0.3, -0.25) is 91.7 Å². The number of aliphatic carboxylic acids is 2. The zero-order valence-electron chi connectivity index (χ0n) is 69.1. The van der Waals surface area contributed by atoms with E-state index in [4.69, 9.17) is 34.1 Å². The van der Waals surface area contributed by atoms with Gasteiger partial charge in [-0.2, -0.15) is 0 Å². The summed E-state index contributed by atoms with van der Waals surface area (Å²) < 4.78 is 0.